The molecule has 0 amide bonds. The minimum Gasteiger partial charge on any atom is -0.367 e. The minimum atomic E-state index is 0.926. The maximum absolute atomic E-state index is 4.64. The minimum absolute atomic E-state index is 0.926. The largest absolute Gasteiger partial charge is 0.367 e. The summed E-state index contributed by atoms with van der Waals surface area (Å²) in [5.41, 5.74) is 7.40. The molecule has 0 saturated carbocycles. The standard InChI is InChI=1S/C26H21N3/c1-2-7-21-16-22(11-10-19(21)5-1)26-23-15-18(9-12-24(23)27-28-26)17-29-14-13-20-6-3-4-8-25(20)29/h1-12,15-16H,13-14,17H2,(H,27,28). The zero-order valence-corrected chi connectivity index (χ0v) is 16.1. The van der Waals surface area contributed by atoms with Crippen molar-refractivity contribution in [1.82, 2.24) is 10.2 Å². The number of hydrogen-bond donors (Lipinski definition) is 1. The van der Waals surface area contributed by atoms with Crippen LogP contribution in [-0.2, 0) is 13.0 Å². The third-order valence-corrected chi connectivity index (χ3v) is 6.01. The molecule has 0 radical (unpaired) electrons. The second-order valence-electron chi connectivity index (χ2n) is 7.81. The average molecular weight is 375 g/mol. The summed E-state index contributed by atoms with van der Waals surface area (Å²) in [4.78, 5) is 2.48. The Labute approximate surface area is 169 Å². The molecule has 0 fully saturated rings. The van der Waals surface area contributed by atoms with Crippen LogP contribution in [0.4, 0.5) is 5.69 Å². The highest BCUT2D eigenvalue weighted by Gasteiger charge is 2.19. The van der Waals surface area contributed by atoms with Gasteiger partial charge in [-0.1, -0.05) is 60.7 Å². The van der Waals surface area contributed by atoms with E-state index >= 15 is 0 Å². The smallest absolute Gasteiger partial charge is 0.0999 e. The third kappa shape index (κ3) is 2.78. The maximum atomic E-state index is 4.64. The number of benzene rings is 4. The first-order chi connectivity index (χ1) is 14.3. The zero-order chi connectivity index (χ0) is 19.2. The van der Waals surface area contributed by atoms with Gasteiger partial charge in [-0.05, 0) is 52.6 Å². The van der Waals surface area contributed by atoms with Crippen molar-refractivity contribution in [3.8, 4) is 11.3 Å². The first kappa shape index (κ1) is 16.4. The summed E-state index contributed by atoms with van der Waals surface area (Å²) < 4.78 is 0. The zero-order valence-electron chi connectivity index (χ0n) is 16.1. The van der Waals surface area contributed by atoms with Crippen LogP contribution in [0.1, 0.15) is 11.1 Å². The van der Waals surface area contributed by atoms with Gasteiger partial charge in [-0.3, -0.25) is 5.10 Å². The Morgan fingerprint density at radius 2 is 1.69 bits per heavy atom. The second-order valence-corrected chi connectivity index (χ2v) is 7.81. The summed E-state index contributed by atoms with van der Waals surface area (Å²) in [6.45, 7) is 2.01. The Morgan fingerprint density at radius 3 is 2.66 bits per heavy atom. The van der Waals surface area contributed by atoms with Gasteiger partial charge in [-0.25, -0.2) is 0 Å². The Balaban J connectivity index is 1.39. The lowest BCUT2D eigenvalue weighted by Gasteiger charge is -2.19. The van der Waals surface area contributed by atoms with Crippen LogP contribution >= 0.6 is 0 Å². The van der Waals surface area contributed by atoms with Crippen molar-refractivity contribution in [2.24, 2.45) is 0 Å². The average Bonchev–Trinajstić information content (AvgIpc) is 3.38. The normalized spacial score (nSPS) is 13.3. The summed E-state index contributed by atoms with van der Waals surface area (Å²) in [6, 6.07) is 30.5. The Kier molecular flexibility index (Phi) is 3.66. The predicted molar refractivity (Wildman–Crippen MR) is 120 cm³/mol. The number of aromatic nitrogens is 2. The number of H-pyrrole nitrogens is 1. The fourth-order valence-electron chi connectivity index (χ4n) is 4.51. The summed E-state index contributed by atoms with van der Waals surface area (Å²) in [5.74, 6) is 0. The van der Waals surface area contributed by atoms with Crippen LogP contribution in [0.3, 0.4) is 0 Å². The highest BCUT2D eigenvalue weighted by Crippen LogP contribution is 2.32. The molecule has 0 atom stereocenters. The quantitative estimate of drug-likeness (QED) is 0.423. The fourth-order valence-corrected chi connectivity index (χ4v) is 4.51. The number of fused-ring (bicyclic) bond motifs is 3. The highest BCUT2D eigenvalue weighted by molar-refractivity contribution is 5.96. The molecule has 0 aliphatic carbocycles. The van der Waals surface area contributed by atoms with Gasteiger partial charge >= 0.3 is 0 Å². The molecule has 3 heteroatoms. The summed E-state index contributed by atoms with van der Waals surface area (Å²) in [7, 11) is 0. The van der Waals surface area contributed by atoms with E-state index in [2.05, 4.69) is 100 Å². The van der Waals surface area contributed by atoms with Crippen molar-refractivity contribution in [3.63, 3.8) is 0 Å². The molecule has 1 aromatic heterocycles. The van der Waals surface area contributed by atoms with E-state index in [-0.39, 0.29) is 0 Å². The van der Waals surface area contributed by atoms with E-state index in [1.807, 2.05) is 0 Å². The summed E-state index contributed by atoms with van der Waals surface area (Å²) in [6.07, 6.45) is 1.13. The van der Waals surface area contributed by atoms with Gasteiger partial charge in [0.1, 0.15) is 0 Å². The molecule has 0 unspecified atom stereocenters. The lowest BCUT2D eigenvalue weighted by atomic mass is 10.0. The van der Waals surface area contributed by atoms with Crippen molar-refractivity contribution in [3.05, 3.63) is 96.1 Å². The maximum Gasteiger partial charge on any atom is 0.0999 e. The number of rotatable bonds is 3. The van der Waals surface area contributed by atoms with E-state index in [9.17, 15) is 0 Å². The lowest BCUT2D eigenvalue weighted by Crippen LogP contribution is -2.19. The van der Waals surface area contributed by atoms with Gasteiger partial charge in [0.2, 0.25) is 0 Å². The van der Waals surface area contributed by atoms with Gasteiger partial charge in [-0.15, -0.1) is 0 Å². The lowest BCUT2D eigenvalue weighted by molar-refractivity contribution is 0.837. The van der Waals surface area contributed by atoms with Gasteiger partial charge in [0.25, 0.3) is 0 Å². The molecule has 1 N–H and O–H groups in total. The van der Waals surface area contributed by atoms with Gasteiger partial charge < -0.3 is 4.90 Å². The molecule has 29 heavy (non-hydrogen) atoms. The van der Waals surface area contributed by atoms with Gasteiger partial charge in [-0.2, -0.15) is 5.10 Å². The first-order valence-corrected chi connectivity index (χ1v) is 10.1. The van der Waals surface area contributed by atoms with Crippen LogP contribution in [-0.4, -0.2) is 16.7 Å². The number of anilines is 1. The van der Waals surface area contributed by atoms with Crippen molar-refractivity contribution in [1.29, 1.82) is 0 Å². The molecule has 1 aliphatic rings. The summed E-state index contributed by atoms with van der Waals surface area (Å²) in [5, 5.41) is 11.5. The van der Waals surface area contributed by atoms with Crippen molar-refractivity contribution >= 4 is 27.4 Å². The molecule has 5 aromatic rings. The molecule has 0 saturated heterocycles. The second kappa shape index (κ2) is 6.49. The van der Waals surface area contributed by atoms with Crippen LogP contribution < -0.4 is 4.90 Å². The molecule has 2 heterocycles. The van der Waals surface area contributed by atoms with Crippen LogP contribution in [0.15, 0.2) is 84.9 Å². The summed E-state index contributed by atoms with van der Waals surface area (Å²) >= 11 is 0. The molecule has 4 aromatic carbocycles. The number of hydrogen-bond acceptors (Lipinski definition) is 2. The van der Waals surface area contributed by atoms with E-state index in [0.29, 0.717) is 0 Å². The molecular formula is C26H21N3. The monoisotopic (exact) mass is 375 g/mol. The van der Waals surface area contributed by atoms with E-state index in [0.717, 1.165) is 36.3 Å². The van der Waals surface area contributed by atoms with Crippen LogP contribution in [0.25, 0.3) is 32.9 Å². The SMILES string of the molecule is c1ccc2c(c1)CCN2Cc1ccc2[nH]nc(-c3ccc4ccccc4c3)c2c1. The molecular weight excluding hydrogens is 354 g/mol. The highest BCUT2D eigenvalue weighted by atomic mass is 15.1. The Hall–Kier alpha value is -3.59. The van der Waals surface area contributed by atoms with Crippen LogP contribution in [0.2, 0.25) is 0 Å². The van der Waals surface area contributed by atoms with Crippen molar-refractivity contribution in [2.75, 3.05) is 11.4 Å². The van der Waals surface area contributed by atoms with E-state index in [1.54, 1.807) is 0 Å². The number of nitrogens with one attached hydrogen (secondary N) is 1. The molecule has 1 aliphatic heterocycles. The van der Waals surface area contributed by atoms with Crippen molar-refractivity contribution in [2.45, 2.75) is 13.0 Å². The molecule has 140 valence electrons. The van der Waals surface area contributed by atoms with Crippen LogP contribution in [0, 0.1) is 0 Å². The number of para-hydroxylation sites is 1. The van der Waals surface area contributed by atoms with E-state index < -0.39 is 0 Å². The van der Waals surface area contributed by atoms with E-state index in [1.165, 1.54) is 33.0 Å². The van der Waals surface area contributed by atoms with Gasteiger partial charge in [0, 0.05) is 29.7 Å². The number of aromatic amines is 1. The Morgan fingerprint density at radius 1 is 0.828 bits per heavy atom. The molecule has 3 nitrogen and oxygen atoms in total. The Bertz CT molecular complexity index is 1350. The topological polar surface area (TPSA) is 31.9 Å². The number of nitrogens with zero attached hydrogens (tertiary/aromatic N) is 2. The first-order valence-electron chi connectivity index (χ1n) is 10.1. The molecule has 0 bridgehead atoms. The van der Waals surface area contributed by atoms with Gasteiger partial charge in [0.05, 0.1) is 11.2 Å². The van der Waals surface area contributed by atoms with Crippen LogP contribution in [0.5, 0.6) is 0 Å². The molecule has 0 spiro atoms. The molecule has 6 rings (SSSR count). The third-order valence-electron chi connectivity index (χ3n) is 6.01. The van der Waals surface area contributed by atoms with Gasteiger partial charge in [0.15, 0.2) is 0 Å². The fraction of sp³-hybridized carbons (Fsp3) is 0.115. The predicted octanol–water partition coefficient (Wildman–Crippen LogP) is 5.95. The van der Waals surface area contributed by atoms with E-state index in [4.69, 9.17) is 0 Å². The van der Waals surface area contributed by atoms with Crippen molar-refractivity contribution < 1.29 is 0 Å².